The molecule has 29 heavy (non-hydrogen) atoms. The number of halogens is 1. The summed E-state index contributed by atoms with van der Waals surface area (Å²) in [6.07, 6.45) is 1.75. The minimum atomic E-state index is -0.164. The lowest BCUT2D eigenvalue weighted by molar-refractivity contribution is 0.0523. The Morgan fingerprint density at radius 3 is 2.48 bits per heavy atom. The van der Waals surface area contributed by atoms with E-state index in [4.69, 9.17) is 19.9 Å². The second kappa shape index (κ2) is 10.7. The molecule has 0 spiro atoms. The number of benzene rings is 2. The zero-order chi connectivity index (χ0) is 20.0. The Balaban J connectivity index is 0.00000300. The first-order valence-corrected chi connectivity index (χ1v) is 9.51. The van der Waals surface area contributed by atoms with Crippen molar-refractivity contribution in [3.05, 3.63) is 53.6 Å². The fourth-order valence-corrected chi connectivity index (χ4v) is 3.67. The molecule has 6 nitrogen and oxygen atoms in total. The van der Waals surface area contributed by atoms with E-state index in [2.05, 4.69) is 29.4 Å². The molecular weight excluding hydrogens is 481 g/mol. The lowest BCUT2D eigenvalue weighted by atomic mass is 9.73. The van der Waals surface area contributed by atoms with Crippen molar-refractivity contribution in [2.24, 2.45) is 10.7 Å². The maximum Gasteiger partial charge on any atom is 0.193 e. The molecule has 1 fully saturated rings. The van der Waals surface area contributed by atoms with Gasteiger partial charge in [0.25, 0.3) is 0 Å². The predicted molar refractivity (Wildman–Crippen MR) is 128 cm³/mol. The molecule has 7 heteroatoms. The molecule has 0 amide bonds. The minimum absolute atomic E-state index is 0. The second-order valence-electron chi connectivity index (χ2n) is 7.12. The maximum absolute atomic E-state index is 6.20. The van der Waals surface area contributed by atoms with Crippen molar-refractivity contribution in [3.8, 4) is 11.5 Å². The number of nitrogens with zero attached hydrogens (tertiary/aromatic N) is 1. The van der Waals surface area contributed by atoms with Gasteiger partial charge in [-0.15, -0.1) is 24.0 Å². The third-order valence-electron chi connectivity index (χ3n) is 5.30. The van der Waals surface area contributed by atoms with Crippen LogP contribution in [0.15, 0.2) is 47.5 Å². The zero-order valence-corrected chi connectivity index (χ0v) is 19.6. The summed E-state index contributed by atoms with van der Waals surface area (Å²) < 4.78 is 16.7. The lowest BCUT2D eigenvalue weighted by Crippen LogP contribution is -2.38. The van der Waals surface area contributed by atoms with Crippen molar-refractivity contribution >= 4 is 35.6 Å². The Hall–Kier alpha value is -2.00. The molecule has 1 aliphatic heterocycles. The lowest BCUT2D eigenvalue weighted by Gasteiger charge is -2.37. The van der Waals surface area contributed by atoms with E-state index >= 15 is 0 Å². The average Bonchev–Trinajstić information content (AvgIpc) is 2.73. The summed E-state index contributed by atoms with van der Waals surface area (Å²) in [7, 11) is 3.34. The Morgan fingerprint density at radius 1 is 1.10 bits per heavy atom. The van der Waals surface area contributed by atoms with E-state index in [1.165, 1.54) is 11.1 Å². The van der Waals surface area contributed by atoms with Gasteiger partial charge < -0.3 is 25.3 Å². The molecule has 0 aromatic heterocycles. The summed E-state index contributed by atoms with van der Waals surface area (Å²) in [4.78, 5) is 4.69. The van der Waals surface area contributed by atoms with E-state index in [1.807, 2.05) is 30.3 Å². The van der Waals surface area contributed by atoms with Crippen LogP contribution in [0.1, 0.15) is 24.0 Å². The molecule has 1 saturated heterocycles. The number of aryl methyl sites for hydroxylation is 1. The largest absolute Gasteiger partial charge is 0.496 e. The first-order valence-electron chi connectivity index (χ1n) is 9.51. The van der Waals surface area contributed by atoms with Crippen molar-refractivity contribution in [1.82, 2.24) is 0 Å². The summed E-state index contributed by atoms with van der Waals surface area (Å²) in [5.74, 6) is 1.97. The molecule has 2 aromatic carbocycles. The highest BCUT2D eigenvalue weighted by Crippen LogP contribution is 2.40. The van der Waals surface area contributed by atoms with Gasteiger partial charge in [0, 0.05) is 24.2 Å². The topological polar surface area (TPSA) is 78.1 Å². The van der Waals surface area contributed by atoms with Gasteiger partial charge in [-0.3, -0.25) is 4.99 Å². The fourth-order valence-electron chi connectivity index (χ4n) is 3.67. The number of ether oxygens (including phenoxy) is 3. The van der Waals surface area contributed by atoms with E-state index in [0.717, 1.165) is 30.0 Å². The first kappa shape index (κ1) is 23.3. The molecule has 0 bridgehead atoms. The summed E-state index contributed by atoms with van der Waals surface area (Å²) in [6, 6.07) is 13.9. The number of guanidine groups is 1. The number of nitrogens with one attached hydrogen (secondary N) is 1. The maximum atomic E-state index is 6.20. The molecule has 2 aromatic rings. The highest BCUT2D eigenvalue weighted by Gasteiger charge is 2.37. The monoisotopic (exact) mass is 511 g/mol. The summed E-state index contributed by atoms with van der Waals surface area (Å²) in [5, 5.41) is 3.15. The number of anilines is 1. The van der Waals surface area contributed by atoms with Crippen LogP contribution in [-0.4, -0.2) is 39.9 Å². The van der Waals surface area contributed by atoms with E-state index in [-0.39, 0.29) is 29.4 Å². The molecule has 1 aliphatic rings. The summed E-state index contributed by atoms with van der Waals surface area (Å²) >= 11 is 0. The van der Waals surface area contributed by atoms with Crippen LogP contribution < -0.4 is 20.5 Å². The van der Waals surface area contributed by atoms with Crippen molar-refractivity contribution in [1.29, 1.82) is 0 Å². The standard InChI is InChI=1S/C22H29N3O3.HI/c1-16-8-9-19(26-2)17(14-16)22(10-12-28-13-11-22)15-24-21(23)25-18-6-4-5-7-20(18)27-3;/h4-9,14H,10-13,15H2,1-3H3,(H3,23,24,25);1H. The Morgan fingerprint density at radius 2 is 1.79 bits per heavy atom. The summed E-state index contributed by atoms with van der Waals surface area (Å²) in [6.45, 7) is 4.06. The van der Waals surface area contributed by atoms with Gasteiger partial charge in [-0.2, -0.15) is 0 Å². The van der Waals surface area contributed by atoms with Crippen LogP contribution in [0.2, 0.25) is 0 Å². The fraction of sp³-hybridized carbons (Fsp3) is 0.409. The van der Waals surface area contributed by atoms with Gasteiger partial charge in [0.05, 0.1) is 26.5 Å². The molecule has 1 heterocycles. The average molecular weight is 511 g/mol. The van der Waals surface area contributed by atoms with Crippen LogP contribution in [0.25, 0.3) is 0 Å². The van der Waals surface area contributed by atoms with Crippen LogP contribution in [0.3, 0.4) is 0 Å². The van der Waals surface area contributed by atoms with E-state index < -0.39 is 0 Å². The zero-order valence-electron chi connectivity index (χ0n) is 17.2. The van der Waals surface area contributed by atoms with Crippen molar-refractivity contribution in [3.63, 3.8) is 0 Å². The van der Waals surface area contributed by atoms with Crippen molar-refractivity contribution < 1.29 is 14.2 Å². The third kappa shape index (κ3) is 5.54. The highest BCUT2D eigenvalue weighted by molar-refractivity contribution is 14.0. The van der Waals surface area contributed by atoms with Gasteiger partial charge >= 0.3 is 0 Å². The molecule has 0 atom stereocenters. The van der Waals surface area contributed by atoms with E-state index in [9.17, 15) is 0 Å². The van der Waals surface area contributed by atoms with Gasteiger partial charge in [0.2, 0.25) is 0 Å². The number of hydrogen-bond donors (Lipinski definition) is 2. The Labute approximate surface area is 189 Å². The second-order valence-corrected chi connectivity index (χ2v) is 7.12. The molecule has 0 saturated carbocycles. The van der Waals surface area contributed by atoms with Crippen molar-refractivity contribution in [2.45, 2.75) is 25.2 Å². The molecule has 3 rings (SSSR count). The van der Waals surface area contributed by atoms with Gasteiger partial charge in [-0.05, 0) is 38.0 Å². The normalized spacial score (nSPS) is 15.9. The quantitative estimate of drug-likeness (QED) is 0.347. The third-order valence-corrected chi connectivity index (χ3v) is 5.30. The molecule has 158 valence electrons. The van der Waals surface area contributed by atoms with Gasteiger partial charge in [0.1, 0.15) is 11.5 Å². The molecule has 0 aliphatic carbocycles. The number of nitrogens with two attached hydrogens (primary N) is 1. The summed E-state index contributed by atoms with van der Waals surface area (Å²) in [5.41, 5.74) is 9.21. The number of hydrogen-bond acceptors (Lipinski definition) is 4. The Kier molecular flexibility index (Phi) is 8.58. The predicted octanol–water partition coefficient (Wildman–Crippen LogP) is 4.11. The molecular formula is C22H30IN3O3. The first-order chi connectivity index (χ1) is 13.6. The van der Waals surface area contributed by atoms with Gasteiger partial charge in [0.15, 0.2) is 5.96 Å². The number of methoxy groups -OCH3 is 2. The van der Waals surface area contributed by atoms with Crippen LogP contribution in [0.5, 0.6) is 11.5 Å². The number of aliphatic imine (C=N–C) groups is 1. The van der Waals surface area contributed by atoms with Crippen LogP contribution in [0.4, 0.5) is 5.69 Å². The van der Waals surface area contributed by atoms with Crippen molar-refractivity contribution in [2.75, 3.05) is 39.3 Å². The van der Waals surface area contributed by atoms with Crippen LogP contribution >= 0.6 is 24.0 Å². The number of para-hydroxylation sites is 2. The van der Waals surface area contributed by atoms with Crippen LogP contribution in [-0.2, 0) is 10.2 Å². The smallest absolute Gasteiger partial charge is 0.193 e. The van der Waals surface area contributed by atoms with E-state index in [0.29, 0.717) is 25.7 Å². The van der Waals surface area contributed by atoms with Gasteiger partial charge in [-0.1, -0.05) is 29.8 Å². The number of rotatable bonds is 6. The van der Waals surface area contributed by atoms with Crippen LogP contribution in [0, 0.1) is 6.92 Å². The molecule has 0 radical (unpaired) electrons. The molecule has 0 unspecified atom stereocenters. The Bertz CT molecular complexity index is 836. The van der Waals surface area contributed by atoms with Gasteiger partial charge in [-0.25, -0.2) is 0 Å². The highest BCUT2D eigenvalue weighted by atomic mass is 127. The molecule has 3 N–H and O–H groups in total. The van der Waals surface area contributed by atoms with E-state index in [1.54, 1.807) is 14.2 Å². The SMILES string of the molecule is COc1ccccc1NC(N)=NCC1(c2cc(C)ccc2OC)CCOCC1.I. The minimum Gasteiger partial charge on any atom is -0.496 e.